The fourth-order valence-corrected chi connectivity index (χ4v) is 3.49. The van der Waals surface area contributed by atoms with E-state index < -0.39 is 20.0 Å². The largest absolute Gasteiger partial charge is 0.280 e. The average molecular weight is 348 g/mol. The van der Waals surface area contributed by atoms with Crippen molar-refractivity contribution < 1.29 is 16.8 Å². The van der Waals surface area contributed by atoms with E-state index in [2.05, 4.69) is 9.71 Å². The van der Waals surface area contributed by atoms with Crippen LogP contribution in [0.25, 0.3) is 0 Å². The van der Waals surface area contributed by atoms with Gasteiger partial charge in [0.25, 0.3) is 10.0 Å². The lowest BCUT2D eigenvalue weighted by Crippen LogP contribution is -2.15. The molecule has 1 heterocycles. The molecule has 21 heavy (non-hydrogen) atoms. The zero-order chi connectivity index (χ0) is 15.7. The summed E-state index contributed by atoms with van der Waals surface area (Å²) in [5.41, 5.74) is 0.169. The molecule has 0 aliphatic carbocycles. The number of pyridine rings is 1. The van der Waals surface area contributed by atoms with Gasteiger partial charge in [-0.05, 0) is 30.3 Å². The lowest BCUT2D eigenvalue weighted by molar-refractivity contribution is 0.597. The highest BCUT2D eigenvalue weighted by atomic mass is 35.5. The van der Waals surface area contributed by atoms with Crippen molar-refractivity contribution in [1.29, 1.82) is 0 Å². The first-order valence-electron chi connectivity index (χ1n) is 5.45. The van der Waals surface area contributed by atoms with E-state index in [1.165, 1.54) is 36.5 Å². The number of rotatable bonds is 4. The van der Waals surface area contributed by atoms with Crippen LogP contribution in [0.4, 0.5) is 5.69 Å². The minimum absolute atomic E-state index is 0.0265. The second-order valence-corrected chi connectivity index (χ2v) is 7.60. The van der Waals surface area contributed by atoms with E-state index in [0.717, 1.165) is 6.20 Å². The summed E-state index contributed by atoms with van der Waals surface area (Å²) in [7, 11) is -7.75. The molecule has 1 aromatic carbocycles. The van der Waals surface area contributed by atoms with E-state index in [9.17, 15) is 16.8 Å². The minimum atomic E-state index is -3.92. The molecule has 7 nitrogen and oxygen atoms in total. The van der Waals surface area contributed by atoms with E-state index >= 15 is 0 Å². The number of benzene rings is 1. The average Bonchev–Trinajstić information content (AvgIpc) is 2.38. The molecule has 0 amide bonds. The lowest BCUT2D eigenvalue weighted by atomic mass is 10.3. The molecule has 10 heteroatoms. The van der Waals surface area contributed by atoms with E-state index in [1.54, 1.807) is 0 Å². The molecule has 0 atom stereocenters. The van der Waals surface area contributed by atoms with Gasteiger partial charge in [0.05, 0.1) is 9.92 Å². The van der Waals surface area contributed by atoms with Crippen molar-refractivity contribution in [1.82, 2.24) is 4.98 Å². The molecule has 0 aliphatic heterocycles. The lowest BCUT2D eigenvalue weighted by Gasteiger charge is -2.09. The highest BCUT2D eigenvalue weighted by Crippen LogP contribution is 2.22. The monoisotopic (exact) mass is 347 g/mol. The third-order valence-electron chi connectivity index (χ3n) is 2.46. The van der Waals surface area contributed by atoms with Crippen LogP contribution in [0.1, 0.15) is 0 Å². The second-order valence-electron chi connectivity index (χ2n) is 3.98. The highest BCUT2D eigenvalue weighted by Gasteiger charge is 2.18. The van der Waals surface area contributed by atoms with Gasteiger partial charge in [0.1, 0.15) is 4.90 Å². The van der Waals surface area contributed by atoms with Gasteiger partial charge in [-0.3, -0.25) is 9.71 Å². The normalized spacial score (nSPS) is 12.1. The van der Waals surface area contributed by atoms with Crippen LogP contribution < -0.4 is 9.86 Å². The molecule has 1 aromatic heterocycles. The van der Waals surface area contributed by atoms with Gasteiger partial charge in [-0.25, -0.2) is 22.0 Å². The van der Waals surface area contributed by atoms with Gasteiger partial charge in [0.2, 0.25) is 10.0 Å². The maximum Gasteiger partial charge on any atom is 0.264 e. The Hall–Kier alpha value is -1.68. The second kappa shape index (κ2) is 5.60. The van der Waals surface area contributed by atoms with Gasteiger partial charge in [-0.2, -0.15) is 0 Å². The number of nitrogens with two attached hydrogens (primary N) is 1. The molecule has 0 spiro atoms. The first-order valence-corrected chi connectivity index (χ1v) is 8.86. The number of anilines is 1. The number of aromatic nitrogens is 1. The molecular weight excluding hydrogens is 338 g/mol. The van der Waals surface area contributed by atoms with Crippen molar-refractivity contribution in [2.45, 2.75) is 9.79 Å². The van der Waals surface area contributed by atoms with Crippen molar-refractivity contribution >= 4 is 37.3 Å². The highest BCUT2D eigenvalue weighted by molar-refractivity contribution is 7.92. The zero-order valence-corrected chi connectivity index (χ0v) is 12.8. The predicted molar refractivity (Wildman–Crippen MR) is 77.9 cm³/mol. The molecule has 2 aromatic rings. The van der Waals surface area contributed by atoms with Gasteiger partial charge in [-0.15, -0.1) is 0 Å². The number of primary sulfonamides is 1. The summed E-state index contributed by atoms with van der Waals surface area (Å²) in [6, 6.07) is 6.29. The van der Waals surface area contributed by atoms with Gasteiger partial charge in [0.15, 0.2) is 0 Å². The Bertz CT molecular complexity index is 865. The fraction of sp³-hybridized carbons (Fsp3) is 0. The summed E-state index contributed by atoms with van der Waals surface area (Å²) in [5, 5.41) is 4.98. The van der Waals surface area contributed by atoms with Gasteiger partial charge < -0.3 is 0 Å². The number of hydrogen-bond acceptors (Lipinski definition) is 5. The number of sulfonamides is 2. The standard InChI is InChI=1S/C11H10ClN3O4S2/c12-10-5-6-14-7-11(10)21(18,19)15-8-1-3-9(4-2-8)20(13,16)17/h1-7,15H,(H2,13,16,17). The van der Waals surface area contributed by atoms with E-state index in [0.29, 0.717) is 0 Å². The van der Waals surface area contributed by atoms with Crippen LogP contribution in [0, 0.1) is 0 Å². The Balaban J connectivity index is 2.32. The van der Waals surface area contributed by atoms with Crippen molar-refractivity contribution in [2.24, 2.45) is 5.14 Å². The minimum Gasteiger partial charge on any atom is -0.280 e. The summed E-state index contributed by atoms with van der Waals surface area (Å²) in [4.78, 5) is 3.40. The third kappa shape index (κ3) is 3.70. The molecule has 0 bridgehead atoms. The number of nitrogens with zero attached hydrogens (tertiary/aromatic N) is 1. The number of hydrogen-bond donors (Lipinski definition) is 2. The van der Waals surface area contributed by atoms with Crippen molar-refractivity contribution in [3.8, 4) is 0 Å². The van der Waals surface area contributed by atoms with Gasteiger partial charge >= 0.3 is 0 Å². The Labute approximate surface area is 126 Å². The molecule has 0 aliphatic rings. The maximum absolute atomic E-state index is 12.1. The predicted octanol–water partition coefficient (Wildman–Crippen LogP) is 1.18. The summed E-state index contributed by atoms with van der Waals surface area (Å²) in [6.45, 7) is 0. The fourth-order valence-electron chi connectivity index (χ4n) is 1.48. The quantitative estimate of drug-likeness (QED) is 0.860. The molecular formula is C11H10ClN3O4S2. The molecule has 0 saturated heterocycles. The van der Waals surface area contributed by atoms with E-state index in [-0.39, 0.29) is 20.5 Å². The number of nitrogens with one attached hydrogen (secondary N) is 1. The SMILES string of the molecule is NS(=O)(=O)c1ccc(NS(=O)(=O)c2cnccc2Cl)cc1. The third-order valence-corrected chi connectivity index (χ3v) is 5.24. The van der Waals surface area contributed by atoms with Gasteiger partial charge in [-0.1, -0.05) is 11.6 Å². The van der Waals surface area contributed by atoms with Crippen LogP contribution in [0.3, 0.4) is 0 Å². The van der Waals surface area contributed by atoms with Crippen LogP contribution in [-0.4, -0.2) is 21.8 Å². The Kier molecular flexibility index (Phi) is 4.19. The first-order chi connectivity index (χ1) is 9.70. The van der Waals surface area contributed by atoms with Gasteiger partial charge in [0, 0.05) is 18.1 Å². The van der Waals surface area contributed by atoms with Crippen molar-refractivity contribution in [3.05, 3.63) is 47.7 Å². The molecule has 0 saturated carbocycles. The number of halogens is 1. The summed E-state index contributed by atoms with van der Waals surface area (Å²) in [5.74, 6) is 0. The van der Waals surface area contributed by atoms with Crippen LogP contribution in [-0.2, 0) is 20.0 Å². The van der Waals surface area contributed by atoms with Crippen LogP contribution in [0.5, 0.6) is 0 Å². The Morgan fingerprint density at radius 2 is 1.67 bits per heavy atom. The summed E-state index contributed by atoms with van der Waals surface area (Å²) >= 11 is 5.81. The summed E-state index contributed by atoms with van der Waals surface area (Å²) < 4.78 is 48.7. The molecule has 2 rings (SSSR count). The zero-order valence-electron chi connectivity index (χ0n) is 10.4. The molecule has 112 valence electrons. The Morgan fingerprint density at radius 3 is 2.19 bits per heavy atom. The molecule has 3 N–H and O–H groups in total. The summed E-state index contributed by atoms with van der Waals surface area (Å²) in [6.07, 6.45) is 2.48. The van der Waals surface area contributed by atoms with E-state index in [1.807, 2.05) is 0 Å². The van der Waals surface area contributed by atoms with Crippen LogP contribution in [0.15, 0.2) is 52.5 Å². The van der Waals surface area contributed by atoms with Crippen LogP contribution >= 0.6 is 11.6 Å². The maximum atomic E-state index is 12.1. The van der Waals surface area contributed by atoms with E-state index in [4.69, 9.17) is 16.7 Å². The Morgan fingerprint density at radius 1 is 1.05 bits per heavy atom. The van der Waals surface area contributed by atoms with Crippen molar-refractivity contribution in [2.75, 3.05) is 4.72 Å². The van der Waals surface area contributed by atoms with Crippen LogP contribution in [0.2, 0.25) is 5.02 Å². The van der Waals surface area contributed by atoms with Crippen molar-refractivity contribution in [3.63, 3.8) is 0 Å². The topological polar surface area (TPSA) is 119 Å². The molecule has 0 unspecified atom stereocenters. The smallest absolute Gasteiger partial charge is 0.264 e. The first kappa shape index (κ1) is 15.7. The molecule has 0 fully saturated rings. The molecule has 0 radical (unpaired) electrons.